The van der Waals surface area contributed by atoms with Gasteiger partial charge < -0.3 is 0 Å². The van der Waals surface area contributed by atoms with E-state index in [-0.39, 0.29) is 17.6 Å². The Morgan fingerprint density at radius 1 is 1.45 bits per heavy atom. The highest BCUT2D eigenvalue weighted by molar-refractivity contribution is 5.88. The van der Waals surface area contributed by atoms with E-state index in [2.05, 4.69) is 0 Å². The number of carbonyl (C=O) groups is 1. The Labute approximate surface area is 62.8 Å². The lowest BCUT2D eigenvalue weighted by atomic mass is 9.71. The topological polar surface area (TPSA) is 17.1 Å². The van der Waals surface area contributed by atoms with E-state index in [1.165, 1.54) is 0 Å². The molecule has 0 aromatic heterocycles. The number of carbonyl (C=O) groups excluding carboxylic acids is 1. The summed E-state index contributed by atoms with van der Waals surface area (Å²) in [4.78, 5) is 10.8. The van der Waals surface area contributed by atoms with Gasteiger partial charge in [0.15, 0.2) is 0 Å². The molecule has 0 spiro atoms. The van der Waals surface area contributed by atoms with Crippen molar-refractivity contribution in [2.45, 2.75) is 18.8 Å². The molecule has 0 aromatic rings. The lowest BCUT2D eigenvalue weighted by Gasteiger charge is -2.31. The first kappa shape index (κ1) is 6.09. The van der Waals surface area contributed by atoms with E-state index < -0.39 is 17.8 Å². The number of ketones is 1. The van der Waals surface area contributed by atoms with E-state index in [1.807, 2.05) is 0 Å². The first-order chi connectivity index (χ1) is 5.12. The first-order valence-corrected chi connectivity index (χ1v) is 4.03. The Morgan fingerprint density at radius 2 is 2.18 bits per heavy atom. The fourth-order valence-corrected chi connectivity index (χ4v) is 2.87. The molecular formula is C8H8F2O. The van der Waals surface area contributed by atoms with Gasteiger partial charge in [-0.1, -0.05) is 0 Å². The largest absolute Gasteiger partial charge is 0.299 e. The van der Waals surface area contributed by atoms with E-state index in [1.54, 1.807) is 0 Å². The number of fused-ring (bicyclic) bond motifs is 3. The summed E-state index contributed by atoms with van der Waals surface area (Å²) in [7, 11) is 0. The summed E-state index contributed by atoms with van der Waals surface area (Å²) >= 11 is 0. The lowest BCUT2D eigenvalue weighted by Crippen LogP contribution is -2.37. The third kappa shape index (κ3) is 0.481. The van der Waals surface area contributed by atoms with Crippen LogP contribution in [0.25, 0.3) is 0 Å². The number of alkyl halides is 2. The molecule has 11 heavy (non-hydrogen) atoms. The zero-order valence-corrected chi connectivity index (χ0v) is 5.89. The van der Waals surface area contributed by atoms with Gasteiger partial charge in [0, 0.05) is 24.2 Å². The Hall–Kier alpha value is -0.470. The van der Waals surface area contributed by atoms with E-state index >= 15 is 0 Å². The highest BCUT2D eigenvalue weighted by Crippen LogP contribution is 2.72. The van der Waals surface area contributed by atoms with Crippen LogP contribution in [0.1, 0.15) is 12.8 Å². The Morgan fingerprint density at radius 3 is 2.73 bits per heavy atom. The van der Waals surface area contributed by atoms with E-state index in [0.717, 1.165) is 0 Å². The number of hydrogen-bond acceptors (Lipinski definition) is 1. The molecule has 0 aromatic carbocycles. The summed E-state index contributed by atoms with van der Waals surface area (Å²) in [6.07, 6.45) is 0.905. The second-order valence-electron chi connectivity index (χ2n) is 3.98. The van der Waals surface area contributed by atoms with Crippen LogP contribution >= 0.6 is 0 Å². The monoisotopic (exact) mass is 158 g/mol. The highest BCUT2D eigenvalue weighted by atomic mass is 19.3. The van der Waals surface area contributed by atoms with Crippen molar-refractivity contribution in [3.63, 3.8) is 0 Å². The van der Waals surface area contributed by atoms with Gasteiger partial charge in [-0.15, -0.1) is 0 Å². The third-order valence-electron chi connectivity index (χ3n) is 3.60. The zero-order chi connectivity index (χ0) is 7.80. The molecule has 0 heterocycles. The summed E-state index contributed by atoms with van der Waals surface area (Å²) in [5.74, 6) is -2.93. The average Bonchev–Trinajstić information content (AvgIpc) is 2.31. The molecule has 2 unspecified atom stereocenters. The van der Waals surface area contributed by atoms with Gasteiger partial charge >= 0.3 is 0 Å². The molecule has 0 saturated heterocycles. The predicted molar refractivity (Wildman–Crippen MR) is 33.1 cm³/mol. The molecule has 3 fully saturated rings. The minimum absolute atomic E-state index is 0.0321. The van der Waals surface area contributed by atoms with Gasteiger partial charge in [0.05, 0.1) is 0 Å². The van der Waals surface area contributed by atoms with Crippen LogP contribution in [0.15, 0.2) is 0 Å². The number of rotatable bonds is 0. The van der Waals surface area contributed by atoms with Gasteiger partial charge in [0.2, 0.25) is 0 Å². The Kier molecular flexibility index (Phi) is 0.756. The normalized spacial score (nSPS) is 56.4. The van der Waals surface area contributed by atoms with Crippen molar-refractivity contribution in [3.05, 3.63) is 0 Å². The summed E-state index contributed by atoms with van der Waals surface area (Å²) in [5.41, 5.74) is 0. The molecule has 4 atom stereocenters. The van der Waals surface area contributed by atoms with E-state index in [4.69, 9.17) is 0 Å². The maximum Gasteiger partial charge on any atom is 0.254 e. The first-order valence-electron chi connectivity index (χ1n) is 4.03. The van der Waals surface area contributed by atoms with Crippen molar-refractivity contribution in [2.24, 2.45) is 23.7 Å². The standard InChI is InChI=1S/C8H8F2O/c9-8(10)5-1-3-4(7(5)8)2-6(3)11/h3-5,7H,1-2H2/t3-,4-,5?,7?/m1/s1. The molecule has 60 valence electrons. The molecule has 3 rings (SSSR count). The van der Waals surface area contributed by atoms with Gasteiger partial charge in [0.1, 0.15) is 5.78 Å². The van der Waals surface area contributed by atoms with Crippen LogP contribution in [0.2, 0.25) is 0 Å². The predicted octanol–water partition coefficient (Wildman–Crippen LogP) is 1.48. The molecule has 0 radical (unpaired) electrons. The molecular weight excluding hydrogens is 150 g/mol. The molecule has 0 N–H and O–H groups in total. The molecule has 0 amide bonds. The van der Waals surface area contributed by atoms with Crippen LogP contribution in [-0.4, -0.2) is 11.7 Å². The number of hydrogen-bond donors (Lipinski definition) is 0. The van der Waals surface area contributed by atoms with Gasteiger partial charge in [-0.2, -0.15) is 0 Å². The average molecular weight is 158 g/mol. The van der Waals surface area contributed by atoms with E-state index in [0.29, 0.717) is 12.8 Å². The maximum absolute atomic E-state index is 12.7. The summed E-state index contributed by atoms with van der Waals surface area (Å²) < 4.78 is 25.4. The van der Waals surface area contributed by atoms with Gasteiger partial charge in [-0.05, 0) is 12.3 Å². The minimum Gasteiger partial charge on any atom is -0.299 e. The fraction of sp³-hybridized carbons (Fsp3) is 0.875. The molecule has 3 saturated carbocycles. The molecule has 3 aliphatic rings. The highest BCUT2D eigenvalue weighted by Gasteiger charge is 2.78. The second-order valence-corrected chi connectivity index (χ2v) is 3.98. The minimum atomic E-state index is -2.40. The van der Waals surface area contributed by atoms with Crippen LogP contribution < -0.4 is 0 Å². The molecule has 1 nitrogen and oxygen atoms in total. The van der Waals surface area contributed by atoms with Gasteiger partial charge in [-0.3, -0.25) is 4.79 Å². The van der Waals surface area contributed by atoms with E-state index in [9.17, 15) is 13.6 Å². The zero-order valence-electron chi connectivity index (χ0n) is 5.89. The number of Topliss-reactive ketones (excluding diaryl/α,β-unsaturated/α-hetero) is 1. The quantitative estimate of drug-likeness (QED) is 0.521. The van der Waals surface area contributed by atoms with Gasteiger partial charge in [0.25, 0.3) is 5.92 Å². The second kappa shape index (κ2) is 1.37. The van der Waals surface area contributed by atoms with Crippen LogP contribution in [0.5, 0.6) is 0 Å². The van der Waals surface area contributed by atoms with Crippen LogP contribution in [-0.2, 0) is 4.79 Å². The van der Waals surface area contributed by atoms with Gasteiger partial charge in [-0.25, -0.2) is 8.78 Å². The molecule has 3 heteroatoms. The molecule has 3 aliphatic carbocycles. The lowest BCUT2D eigenvalue weighted by molar-refractivity contribution is -0.135. The molecule has 0 bridgehead atoms. The summed E-state index contributed by atoms with van der Waals surface area (Å²) in [6, 6.07) is 0. The summed E-state index contributed by atoms with van der Waals surface area (Å²) in [5, 5.41) is 0. The maximum atomic E-state index is 12.7. The van der Waals surface area contributed by atoms with Crippen molar-refractivity contribution >= 4 is 5.78 Å². The van der Waals surface area contributed by atoms with Crippen molar-refractivity contribution in [2.75, 3.05) is 0 Å². The van der Waals surface area contributed by atoms with Crippen LogP contribution in [0.4, 0.5) is 8.78 Å². The van der Waals surface area contributed by atoms with Crippen molar-refractivity contribution in [1.29, 1.82) is 0 Å². The Bertz CT molecular complexity index is 248. The third-order valence-corrected chi connectivity index (χ3v) is 3.60. The van der Waals surface area contributed by atoms with Crippen molar-refractivity contribution < 1.29 is 13.6 Å². The Balaban J connectivity index is 1.87. The smallest absolute Gasteiger partial charge is 0.254 e. The SMILES string of the molecule is O=C1C[C@H]2C3C(C[C@@H]12)C3(F)F. The van der Waals surface area contributed by atoms with Crippen LogP contribution in [0, 0.1) is 23.7 Å². The fourth-order valence-electron chi connectivity index (χ4n) is 2.87. The van der Waals surface area contributed by atoms with Crippen molar-refractivity contribution in [1.82, 2.24) is 0 Å². The summed E-state index contributed by atoms with van der Waals surface area (Å²) in [6.45, 7) is 0. The van der Waals surface area contributed by atoms with Crippen molar-refractivity contribution in [3.8, 4) is 0 Å². The van der Waals surface area contributed by atoms with Crippen LogP contribution in [0.3, 0.4) is 0 Å². The number of halogens is 2. The molecule has 0 aliphatic heterocycles.